The van der Waals surface area contributed by atoms with Gasteiger partial charge < -0.3 is 10.1 Å². The summed E-state index contributed by atoms with van der Waals surface area (Å²) >= 11 is 6.12. The third-order valence-electron chi connectivity index (χ3n) is 3.29. The van der Waals surface area contributed by atoms with Crippen molar-refractivity contribution in [2.75, 3.05) is 11.9 Å². The van der Waals surface area contributed by atoms with Gasteiger partial charge in [-0.25, -0.2) is 0 Å². The number of rotatable bonds is 1. The first-order valence-corrected chi connectivity index (χ1v) is 7.01. The molecule has 21 heavy (non-hydrogen) atoms. The Kier molecular flexibility index (Phi) is 3.67. The highest BCUT2D eigenvalue weighted by molar-refractivity contribution is 6.32. The Hall–Kier alpha value is -2.26. The molecule has 0 unspecified atom stereocenters. The van der Waals surface area contributed by atoms with Crippen molar-refractivity contribution in [2.45, 2.75) is 6.92 Å². The highest BCUT2D eigenvalue weighted by atomic mass is 35.5. The predicted molar refractivity (Wildman–Crippen MR) is 84.7 cm³/mol. The van der Waals surface area contributed by atoms with Crippen LogP contribution in [-0.2, 0) is 4.79 Å². The molecule has 2 aromatic rings. The number of amides is 1. The lowest BCUT2D eigenvalue weighted by Crippen LogP contribution is -2.15. The number of hydrogen-bond donors (Lipinski definition) is 1. The normalized spacial score (nSPS) is 15.9. The molecule has 0 fully saturated rings. The van der Waals surface area contributed by atoms with Gasteiger partial charge in [-0.3, -0.25) is 4.79 Å². The molecule has 1 heterocycles. The van der Waals surface area contributed by atoms with E-state index >= 15 is 0 Å². The SMILES string of the molecule is Cc1ccc2c(c1)NC(=O)/C(=C/c1ccccc1Cl)CO2. The van der Waals surface area contributed by atoms with Crippen LogP contribution in [0.5, 0.6) is 5.75 Å². The van der Waals surface area contributed by atoms with Crippen LogP contribution in [0.2, 0.25) is 5.02 Å². The van der Waals surface area contributed by atoms with E-state index in [9.17, 15) is 4.79 Å². The zero-order chi connectivity index (χ0) is 14.8. The molecule has 0 atom stereocenters. The lowest BCUT2D eigenvalue weighted by molar-refractivity contribution is -0.112. The summed E-state index contributed by atoms with van der Waals surface area (Å²) in [6, 6.07) is 13.1. The summed E-state index contributed by atoms with van der Waals surface area (Å²) in [6.07, 6.45) is 1.76. The summed E-state index contributed by atoms with van der Waals surface area (Å²) in [5, 5.41) is 3.48. The number of fused-ring (bicyclic) bond motifs is 1. The molecule has 0 spiro atoms. The molecule has 106 valence electrons. The number of ether oxygens (including phenoxy) is 1. The Morgan fingerprint density at radius 3 is 2.86 bits per heavy atom. The first-order valence-electron chi connectivity index (χ1n) is 6.63. The number of aryl methyl sites for hydroxylation is 1. The van der Waals surface area contributed by atoms with E-state index in [1.807, 2.05) is 43.3 Å². The van der Waals surface area contributed by atoms with Crippen LogP contribution in [0.4, 0.5) is 5.69 Å². The van der Waals surface area contributed by atoms with E-state index in [1.54, 1.807) is 12.1 Å². The minimum Gasteiger partial charge on any atom is -0.487 e. The maximum Gasteiger partial charge on any atom is 0.255 e. The van der Waals surface area contributed by atoms with E-state index in [1.165, 1.54) is 0 Å². The molecule has 0 aromatic heterocycles. The second kappa shape index (κ2) is 5.62. The molecule has 0 bridgehead atoms. The molecule has 3 rings (SSSR count). The largest absolute Gasteiger partial charge is 0.487 e. The molecular formula is C17H14ClNO2. The molecule has 0 aliphatic carbocycles. The van der Waals surface area contributed by atoms with Gasteiger partial charge in [-0.1, -0.05) is 35.9 Å². The molecule has 1 aliphatic rings. The third kappa shape index (κ3) is 2.93. The van der Waals surface area contributed by atoms with Crippen molar-refractivity contribution in [3.05, 3.63) is 64.2 Å². The number of nitrogens with one attached hydrogen (secondary N) is 1. The molecule has 0 radical (unpaired) electrons. The fourth-order valence-electron chi connectivity index (χ4n) is 2.18. The minimum absolute atomic E-state index is 0.167. The highest BCUT2D eigenvalue weighted by Crippen LogP contribution is 2.29. The lowest BCUT2D eigenvalue weighted by atomic mass is 10.1. The van der Waals surface area contributed by atoms with Gasteiger partial charge in [0.2, 0.25) is 0 Å². The van der Waals surface area contributed by atoms with E-state index < -0.39 is 0 Å². The Bertz CT molecular complexity index is 737. The smallest absolute Gasteiger partial charge is 0.255 e. The Labute approximate surface area is 128 Å². The Morgan fingerprint density at radius 2 is 2.05 bits per heavy atom. The fraction of sp³-hybridized carbons (Fsp3) is 0.118. The van der Waals surface area contributed by atoms with E-state index in [2.05, 4.69) is 5.32 Å². The standard InChI is InChI=1S/C17H14ClNO2/c1-11-6-7-16-15(8-11)19-17(20)13(10-21-16)9-12-4-2-3-5-14(12)18/h2-9H,10H2,1H3,(H,19,20)/b13-9+. The van der Waals surface area contributed by atoms with Crippen molar-refractivity contribution in [1.82, 2.24) is 0 Å². The Morgan fingerprint density at radius 1 is 1.24 bits per heavy atom. The lowest BCUT2D eigenvalue weighted by Gasteiger charge is -2.06. The summed E-state index contributed by atoms with van der Waals surface area (Å²) in [5.41, 5.74) is 3.10. The minimum atomic E-state index is -0.167. The number of anilines is 1. The van der Waals surface area contributed by atoms with Crippen molar-refractivity contribution < 1.29 is 9.53 Å². The van der Waals surface area contributed by atoms with Gasteiger partial charge in [0.25, 0.3) is 5.91 Å². The van der Waals surface area contributed by atoms with Crippen molar-refractivity contribution >= 4 is 29.3 Å². The van der Waals surface area contributed by atoms with E-state index in [-0.39, 0.29) is 12.5 Å². The maximum absolute atomic E-state index is 12.3. The third-order valence-corrected chi connectivity index (χ3v) is 3.64. The van der Waals surface area contributed by atoms with E-state index in [4.69, 9.17) is 16.3 Å². The first-order chi connectivity index (χ1) is 10.1. The topological polar surface area (TPSA) is 38.3 Å². The number of carbonyl (C=O) groups is 1. The van der Waals surface area contributed by atoms with Gasteiger partial charge in [0.05, 0.1) is 11.3 Å². The molecule has 1 N–H and O–H groups in total. The van der Waals surface area contributed by atoms with Gasteiger partial charge >= 0.3 is 0 Å². The molecule has 1 aliphatic heterocycles. The second-order valence-electron chi connectivity index (χ2n) is 4.93. The van der Waals surface area contributed by atoms with Gasteiger partial charge in [-0.2, -0.15) is 0 Å². The van der Waals surface area contributed by atoms with Gasteiger partial charge in [0.1, 0.15) is 12.4 Å². The molecule has 0 saturated heterocycles. The fourth-order valence-corrected chi connectivity index (χ4v) is 2.37. The Balaban J connectivity index is 1.94. The van der Waals surface area contributed by atoms with Crippen LogP contribution in [0.3, 0.4) is 0 Å². The molecule has 1 amide bonds. The number of hydrogen-bond acceptors (Lipinski definition) is 2. The summed E-state index contributed by atoms with van der Waals surface area (Å²) < 4.78 is 5.70. The number of carbonyl (C=O) groups excluding carboxylic acids is 1. The zero-order valence-corrected chi connectivity index (χ0v) is 12.3. The molecule has 0 saturated carbocycles. The second-order valence-corrected chi connectivity index (χ2v) is 5.34. The molecule has 2 aromatic carbocycles. The summed E-state index contributed by atoms with van der Waals surface area (Å²) in [4.78, 5) is 12.3. The molecule has 3 nitrogen and oxygen atoms in total. The first kappa shape index (κ1) is 13.7. The van der Waals surface area contributed by atoms with E-state index in [0.717, 1.165) is 11.1 Å². The summed E-state index contributed by atoms with van der Waals surface area (Å²) in [7, 11) is 0. The van der Waals surface area contributed by atoms with Crippen LogP contribution in [0.15, 0.2) is 48.0 Å². The van der Waals surface area contributed by atoms with Crippen molar-refractivity contribution in [1.29, 1.82) is 0 Å². The maximum atomic E-state index is 12.3. The predicted octanol–water partition coefficient (Wildman–Crippen LogP) is 4.06. The molecule has 4 heteroatoms. The summed E-state index contributed by atoms with van der Waals surface area (Å²) in [6.45, 7) is 2.19. The number of halogens is 1. The van der Waals surface area contributed by atoms with Gasteiger partial charge in [-0.05, 0) is 42.3 Å². The van der Waals surface area contributed by atoms with E-state index in [0.29, 0.717) is 22.0 Å². The average molecular weight is 300 g/mol. The van der Waals surface area contributed by atoms with Crippen molar-refractivity contribution in [3.8, 4) is 5.75 Å². The van der Waals surface area contributed by atoms with Crippen LogP contribution in [0.1, 0.15) is 11.1 Å². The van der Waals surface area contributed by atoms with Gasteiger partial charge in [-0.15, -0.1) is 0 Å². The number of benzene rings is 2. The highest BCUT2D eigenvalue weighted by Gasteiger charge is 2.18. The average Bonchev–Trinajstić information content (AvgIpc) is 2.60. The van der Waals surface area contributed by atoms with Crippen LogP contribution < -0.4 is 10.1 Å². The zero-order valence-electron chi connectivity index (χ0n) is 11.5. The summed E-state index contributed by atoms with van der Waals surface area (Å²) in [5.74, 6) is 0.510. The van der Waals surface area contributed by atoms with Crippen molar-refractivity contribution in [2.24, 2.45) is 0 Å². The monoisotopic (exact) mass is 299 g/mol. The van der Waals surface area contributed by atoms with Gasteiger partial charge in [0.15, 0.2) is 0 Å². The quantitative estimate of drug-likeness (QED) is 0.806. The van der Waals surface area contributed by atoms with Crippen LogP contribution in [0, 0.1) is 6.92 Å². The van der Waals surface area contributed by atoms with Crippen LogP contribution in [-0.4, -0.2) is 12.5 Å². The molecular weight excluding hydrogens is 286 g/mol. The van der Waals surface area contributed by atoms with Crippen LogP contribution in [0.25, 0.3) is 6.08 Å². The van der Waals surface area contributed by atoms with Crippen LogP contribution >= 0.6 is 11.6 Å². The van der Waals surface area contributed by atoms with Gasteiger partial charge in [0, 0.05) is 5.02 Å². The van der Waals surface area contributed by atoms with Crippen molar-refractivity contribution in [3.63, 3.8) is 0 Å².